The molecule has 1 atom stereocenters. The molecule has 112 valence electrons. The molecule has 1 unspecified atom stereocenters. The second-order valence-corrected chi connectivity index (χ2v) is 5.97. The highest BCUT2D eigenvalue weighted by Gasteiger charge is 2.13. The lowest BCUT2D eigenvalue weighted by Gasteiger charge is -2.19. The molecule has 0 radical (unpaired) electrons. The van der Waals surface area contributed by atoms with Crippen molar-refractivity contribution in [2.24, 2.45) is 0 Å². The lowest BCUT2D eigenvalue weighted by molar-refractivity contribution is 0.498. The molecule has 0 amide bonds. The first-order chi connectivity index (χ1) is 10.2. The summed E-state index contributed by atoms with van der Waals surface area (Å²) in [5, 5.41) is 3.53. The van der Waals surface area contributed by atoms with E-state index in [4.69, 9.17) is 0 Å². The molecule has 0 saturated carbocycles. The Hall–Kier alpha value is -1.26. The van der Waals surface area contributed by atoms with Crippen LogP contribution in [0.2, 0.25) is 0 Å². The predicted octanol–water partition coefficient (Wildman–Crippen LogP) is 4.14. The van der Waals surface area contributed by atoms with Crippen LogP contribution in [0.3, 0.4) is 0 Å². The second kappa shape index (κ2) is 8.25. The number of rotatable bonds is 7. The number of aromatic nitrogens is 1. The lowest BCUT2D eigenvalue weighted by atomic mass is 10.0. The second-order valence-electron chi connectivity index (χ2n) is 5.12. The van der Waals surface area contributed by atoms with Crippen molar-refractivity contribution >= 4 is 15.9 Å². The zero-order valence-electron chi connectivity index (χ0n) is 12.2. The van der Waals surface area contributed by atoms with Crippen LogP contribution in [0.4, 0.5) is 4.39 Å². The molecule has 1 N–H and O–H groups in total. The number of pyridine rings is 1. The van der Waals surface area contributed by atoms with E-state index < -0.39 is 0 Å². The fourth-order valence-corrected chi connectivity index (χ4v) is 2.71. The Kier molecular flexibility index (Phi) is 6.33. The fourth-order valence-electron chi connectivity index (χ4n) is 2.30. The minimum absolute atomic E-state index is 0.194. The summed E-state index contributed by atoms with van der Waals surface area (Å²) >= 11 is 3.50. The molecular weight excluding hydrogens is 331 g/mol. The highest BCUT2D eigenvalue weighted by Crippen LogP contribution is 2.20. The number of nitrogens with zero attached hydrogens (tertiary/aromatic N) is 1. The molecule has 0 fully saturated rings. The van der Waals surface area contributed by atoms with E-state index in [2.05, 4.69) is 33.2 Å². The van der Waals surface area contributed by atoms with Gasteiger partial charge >= 0.3 is 0 Å². The maximum atomic E-state index is 13.4. The molecule has 4 heteroatoms. The average Bonchev–Trinajstić information content (AvgIpc) is 2.49. The van der Waals surface area contributed by atoms with E-state index in [1.807, 2.05) is 24.4 Å². The van der Waals surface area contributed by atoms with Gasteiger partial charge in [0.25, 0.3) is 0 Å². The van der Waals surface area contributed by atoms with Crippen molar-refractivity contribution in [3.05, 3.63) is 64.1 Å². The highest BCUT2D eigenvalue weighted by molar-refractivity contribution is 9.10. The van der Waals surface area contributed by atoms with E-state index in [-0.39, 0.29) is 11.9 Å². The topological polar surface area (TPSA) is 24.9 Å². The molecule has 2 nitrogen and oxygen atoms in total. The van der Waals surface area contributed by atoms with Gasteiger partial charge in [0, 0.05) is 28.8 Å². The fraction of sp³-hybridized carbons (Fsp3) is 0.353. The number of benzene rings is 1. The number of nitrogens with one attached hydrogen (secondary N) is 1. The van der Waals surface area contributed by atoms with Crippen molar-refractivity contribution in [3.8, 4) is 0 Å². The monoisotopic (exact) mass is 350 g/mol. The standard InChI is InChI=1S/C17H20BrFN2/c1-2-8-20-16(12-15-5-3-4-9-21-15)11-13-10-14(19)6-7-17(13)18/h3-7,9-10,16,20H,2,8,11-12H2,1H3. The van der Waals surface area contributed by atoms with Crippen LogP contribution >= 0.6 is 15.9 Å². The van der Waals surface area contributed by atoms with Gasteiger partial charge in [-0.05, 0) is 55.3 Å². The van der Waals surface area contributed by atoms with Gasteiger partial charge in [-0.1, -0.05) is 28.9 Å². The normalized spacial score (nSPS) is 12.3. The van der Waals surface area contributed by atoms with Gasteiger partial charge in [0.2, 0.25) is 0 Å². The van der Waals surface area contributed by atoms with E-state index in [9.17, 15) is 4.39 Å². The predicted molar refractivity (Wildman–Crippen MR) is 87.8 cm³/mol. The minimum Gasteiger partial charge on any atom is -0.313 e. The van der Waals surface area contributed by atoms with Crippen LogP contribution in [-0.2, 0) is 12.8 Å². The molecule has 1 aromatic carbocycles. The zero-order valence-corrected chi connectivity index (χ0v) is 13.7. The van der Waals surface area contributed by atoms with Crippen molar-refractivity contribution in [2.75, 3.05) is 6.54 Å². The third kappa shape index (κ3) is 5.21. The quantitative estimate of drug-likeness (QED) is 0.811. The van der Waals surface area contributed by atoms with E-state index in [0.29, 0.717) is 0 Å². The van der Waals surface area contributed by atoms with Crippen molar-refractivity contribution < 1.29 is 4.39 Å². The van der Waals surface area contributed by atoms with Crippen LogP contribution in [0.5, 0.6) is 0 Å². The molecule has 21 heavy (non-hydrogen) atoms. The van der Waals surface area contributed by atoms with E-state index in [1.165, 1.54) is 6.07 Å². The molecule has 2 rings (SSSR count). The SMILES string of the molecule is CCCNC(Cc1ccccn1)Cc1cc(F)ccc1Br. The van der Waals surface area contributed by atoms with Crippen LogP contribution in [-0.4, -0.2) is 17.6 Å². The van der Waals surface area contributed by atoms with Gasteiger partial charge in [-0.3, -0.25) is 4.98 Å². The largest absolute Gasteiger partial charge is 0.313 e. The van der Waals surface area contributed by atoms with Gasteiger partial charge in [0.1, 0.15) is 5.82 Å². The number of hydrogen-bond donors (Lipinski definition) is 1. The summed E-state index contributed by atoms with van der Waals surface area (Å²) in [5.41, 5.74) is 2.04. The third-order valence-electron chi connectivity index (χ3n) is 3.34. The first kappa shape index (κ1) is 16.1. The van der Waals surface area contributed by atoms with Crippen LogP contribution in [0, 0.1) is 5.82 Å². The van der Waals surface area contributed by atoms with E-state index in [1.54, 1.807) is 12.1 Å². The maximum absolute atomic E-state index is 13.4. The molecule has 0 aliphatic rings. The first-order valence-electron chi connectivity index (χ1n) is 7.26. The molecular formula is C17H20BrFN2. The van der Waals surface area contributed by atoms with Crippen LogP contribution in [0.1, 0.15) is 24.6 Å². The Balaban J connectivity index is 2.10. The van der Waals surface area contributed by atoms with Gasteiger partial charge in [0.05, 0.1) is 0 Å². The lowest BCUT2D eigenvalue weighted by Crippen LogP contribution is -2.34. The molecule has 0 bridgehead atoms. The van der Waals surface area contributed by atoms with Gasteiger partial charge in [-0.25, -0.2) is 4.39 Å². The Morgan fingerprint density at radius 1 is 1.24 bits per heavy atom. The smallest absolute Gasteiger partial charge is 0.123 e. The van der Waals surface area contributed by atoms with Crippen molar-refractivity contribution in [1.82, 2.24) is 10.3 Å². The summed E-state index contributed by atoms with van der Waals surface area (Å²) in [6, 6.07) is 11.0. The zero-order chi connectivity index (χ0) is 15.1. The van der Waals surface area contributed by atoms with Gasteiger partial charge < -0.3 is 5.32 Å². The molecule has 1 heterocycles. The van der Waals surface area contributed by atoms with Gasteiger partial charge in [0.15, 0.2) is 0 Å². The molecule has 0 aliphatic heterocycles. The Morgan fingerprint density at radius 2 is 2.10 bits per heavy atom. The summed E-state index contributed by atoms with van der Waals surface area (Å²) in [7, 11) is 0. The Morgan fingerprint density at radius 3 is 2.81 bits per heavy atom. The summed E-state index contributed by atoms with van der Waals surface area (Å²) < 4.78 is 14.4. The van der Waals surface area contributed by atoms with Gasteiger partial charge in [-0.2, -0.15) is 0 Å². The highest BCUT2D eigenvalue weighted by atomic mass is 79.9. The van der Waals surface area contributed by atoms with E-state index in [0.717, 1.165) is 41.5 Å². The Labute approximate surface area is 133 Å². The summed E-state index contributed by atoms with van der Waals surface area (Å²) in [6.07, 6.45) is 4.49. The molecule has 0 saturated heterocycles. The number of halogens is 2. The first-order valence-corrected chi connectivity index (χ1v) is 8.05. The maximum Gasteiger partial charge on any atom is 0.123 e. The number of hydrogen-bond acceptors (Lipinski definition) is 2. The van der Waals surface area contributed by atoms with Crippen molar-refractivity contribution in [3.63, 3.8) is 0 Å². The molecule has 2 aromatic rings. The van der Waals surface area contributed by atoms with Gasteiger partial charge in [-0.15, -0.1) is 0 Å². The van der Waals surface area contributed by atoms with Crippen LogP contribution < -0.4 is 5.32 Å². The van der Waals surface area contributed by atoms with E-state index >= 15 is 0 Å². The Bertz CT molecular complexity index is 560. The molecule has 1 aromatic heterocycles. The minimum atomic E-state index is -0.194. The summed E-state index contributed by atoms with van der Waals surface area (Å²) in [5.74, 6) is -0.194. The molecule has 0 aliphatic carbocycles. The summed E-state index contributed by atoms with van der Waals surface area (Å²) in [6.45, 7) is 3.09. The average molecular weight is 351 g/mol. The van der Waals surface area contributed by atoms with Crippen LogP contribution in [0.25, 0.3) is 0 Å². The molecule has 0 spiro atoms. The third-order valence-corrected chi connectivity index (χ3v) is 4.11. The van der Waals surface area contributed by atoms with Crippen molar-refractivity contribution in [1.29, 1.82) is 0 Å². The van der Waals surface area contributed by atoms with Crippen molar-refractivity contribution in [2.45, 2.75) is 32.2 Å². The summed E-state index contributed by atoms with van der Waals surface area (Å²) in [4.78, 5) is 4.38. The van der Waals surface area contributed by atoms with Crippen LogP contribution in [0.15, 0.2) is 47.1 Å².